The minimum absolute atomic E-state index is 0.0359. The van der Waals surface area contributed by atoms with E-state index in [2.05, 4.69) is 5.32 Å². The topological polar surface area (TPSA) is 64.6 Å². The van der Waals surface area contributed by atoms with Crippen LogP contribution < -0.4 is 10.1 Å². The second kappa shape index (κ2) is 8.69. The van der Waals surface area contributed by atoms with Crippen molar-refractivity contribution in [3.05, 3.63) is 63.4 Å². The van der Waals surface area contributed by atoms with E-state index < -0.39 is 24.3 Å². The zero-order chi connectivity index (χ0) is 18.4. The van der Waals surface area contributed by atoms with E-state index in [-0.39, 0.29) is 22.9 Å². The number of halogens is 3. The van der Waals surface area contributed by atoms with E-state index in [1.807, 2.05) is 0 Å². The molecule has 5 nitrogen and oxygen atoms in total. The van der Waals surface area contributed by atoms with Crippen molar-refractivity contribution in [2.24, 2.45) is 0 Å². The van der Waals surface area contributed by atoms with Crippen molar-refractivity contribution in [1.82, 2.24) is 5.32 Å². The van der Waals surface area contributed by atoms with E-state index in [0.29, 0.717) is 10.6 Å². The summed E-state index contributed by atoms with van der Waals surface area (Å²) in [5, 5.41) is 2.84. The number of hydrogen-bond acceptors (Lipinski definition) is 4. The molecule has 0 saturated carbocycles. The number of carbonyl (C=O) groups is 2. The van der Waals surface area contributed by atoms with Crippen molar-refractivity contribution in [3.8, 4) is 5.75 Å². The Morgan fingerprint density at radius 3 is 2.60 bits per heavy atom. The summed E-state index contributed by atoms with van der Waals surface area (Å²) in [7, 11) is 1.40. The van der Waals surface area contributed by atoms with Gasteiger partial charge in [-0.25, -0.2) is 9.18 Å². The van der Waals surface area contributed by atoms with Gasteiger partial charge < -0.3 is 14.8 Å². The van der Waals surface area contributed by atoms with Gasteiger partial charge in [0.15, 0.2) is 6.61 Å². The predicted molar refractivity (Wildman–Crippen MR) is 91.5 cm³/mol. The van der Waals surface area contributed by atoms with Gasteiger partial charge >= 0.3 is 5.97 Å². The molecule has 2 aromatic carbocycles. The van der Waals surface area contributed by atoms with Crippen LogP contribution in [0.2, 0.25) is 10.0 Å². The first-order valence-electron chi connectivity index (χ1n) is 7.12. The quantitative estimate of drug-likeness (QED) is 0.771. The summed E-state index contributed by atoms with van der Waals surface area (Å²) >= 11 is 11.5. The molecule has 0 heterocycles. The van der Waals surface area contributed by atoms with Crippen molar-refractivity contribution in [1.29, 1.82) is 0 Å². The Morgan fingerprint density at radius 1 is 1.16 bits per heavy atom. The lowest BCUT2D eigenvalue weighted by atomic mass is 10.2. The normalized spacial score (nSPS) is 10.2. The molecular weight excluding hydrogens is 372 g/mol. The average Bonchev–Trinajstić information content (AvgIpc) is 2.60. The number of rotatable bonds is 6. The fraction of sp³-hybridized carbons (Fsp3) is 0.176. The van der Waals surface area contributed by atoms with Gasteiger partial charge in [0.05, 0.1) is 12.1 Å². The fourth-order valence-corrected chi connectivity index (χ4v) is 2.33. The molecule has 0 aliphatic heterocycles. The summed E-state index contributed by atoms with van der Waals surface area (Å²) in [5.74, 6) is -1.51. The lowest BCUT2D eigenvalue weighted by Gasteiger charge is -2.10. The SMILES string of the molecule is COc1ccc(Cl)cc1C(=O)OCC(=O)NCc1ccc(F)c(Cl)c1. The molecule has 0 saturated heterocycles. The van der Waals surface area contributed by atoms with Crippen LogP contribution >= 0.6 is 23.2 Å². The molecule has 1 N–H and O–H groups in total. The second-order valence-electron chi connectivity index (χ2n) is 4.95. The summed E-state index contributed by atoms with van der Waals surface area (Å²) in [6.45, 7) is -0.361. The van der Waals surface area contributed by atoms with Gasteiger partial charge in [-0.05, 0) is 35.9 Å². The molecule has 132 valence electrons. The van der Waals surface area contributed by atoms with Gasteiger partial charge in [0, 0.05) is 11.6 Å². The first-order valence-corrected chi connectivity index (χ1v) is 7.87. The molecule has 2 rings (SSSR count). The maximum atomic E-state index is 13.1. The number of amides is 1. The molecule has 25 heavy (non-hydrogen) atoms. The molecule has 0 spiro atoms. The van der Waals surface area contributed by atoms with E-state index in [0.717, 1.165) is 0 Å². The Morgan fingerprint density at radius 2 is 1.92 bits per heavy atom. The molecule has 2 aromatic rings. The average molecular weight is 386 g/mol. The summed E-state index contributed by atoms with van der Waals surface area (Å²) in [6.07, 6.45) is 0. The van der Waals surface area contributed by atoms with E-state index in [4.69, 9.17) is 32.7 Å². The number of benzene rings is 2. The van der Waals surface area contributed by atoms with Gasteiger partial charge in [0.25, 0.3) is 5.91 Å². The van der Waals surface area contributed by atoms with Crippen LogP contribution in [0.15, 0.2) is 36.4 Å². The number of carbonyl (C=O) groups excluding carboxylic acids is 2. The van der Waals surface area contributed by atoms with Crippen molar-refractivity contribution in [3.63, 3.8) is 0 Å². The molecule has 0 atom stereocenters. The molecular formula is C17H14Cl2FNO4. The molecule has 0 aliphatic carbocycles. The third-order valence-corrected chi connectivity index (χ3v) is 3.71. The van der Waals surface area contributed by atoms with Crippen molar-refractivity contribution < 1.29 is 23.5 Å². The highest BCUT2D eigenvalue weighted by molar-refractivity contribution is 6.31. The van der Waals surface area contributed by atoms with Crippen molar-refractivity contribution >= 4 is 35.1 Å². The number of hydrogen-bond donors (Lipinski definition) is 1. The number of ether oxygens (including phenoxy) is 2. The molecule has 0 radical (unpaired) electrons. The smallest absolute Gasteiger partial charge is 0.342 e. The summed E-state index contributed by atoms with van der Waals surface area (Å²) in [5.41, 5.74) is 0.732. The Hall–Kier alpha value is -2.31. The minimum atomic E-state index is -0.737. The standard InChI is InChI=1S/C17H14Cl2FNO4/c1-24-15-5-3-11(18)7-12(15)17(23)25-9-16(22)21-8-10-2-4-14(20)13(19)6-10/h2-7H,8-9H2,1H3,(H,21,22). The summed E-state index contributed by atoms with van der Waals surface area (Å²) in [6, 6.07) is 8.58. The minimum Gasteiger partial charge on any atom is -0.496 e. The van der Waals surface area contributed by atoms with E-state index in [9.17, 15) is 14.0 Å². The van der Waals surface area contributed by atoms with Crippen molar-refractivity contribution in [2.75, 3.05) is 13.7 Å². The number of methoxy groups -OCH3 is 1. The van der Waals surface area contributed by atoms with Gasteiger partial charge in [-0.15, -0.1) is 0 Å². The lowest BCUT2D eigenvalue weighted by Crippen LogP contribution is -2.28. The number of esters is 1. The first kappa shape index (κ1) is 19.0. The molecule has 0 aromatic heterocycles. The Bertz CT molecular complexity index is 798. The first-order chi connectivity index (χ1) is 11.9. The highest BCUT2D eigenvalue weighted by atomic mass is 35.5. The van der Waals surface area contributed by atoms with Crippen LogP contribution in [-0.4, -0.2) is 25.6 Å². The van der Waals surface area contributed by atoms with Crippen molar-refractivity contribution in [2.45, 2.75) is 6.54 Å². The van der Waals surface area contributed by atoms with Gasteiger partial charge in [-0.2, -0.15) is 0 Å². The van der Waals surface area contributed by atoms with E-state index in [1.54, 1.807) is 6.07 Å². The lowest BCUT2D eigenvalue weighted by molar-refractivity contribution is -0.124. The monoisotopic (exact) mass is 385 g/mol. The molecule has 0 bridgehead atoms. The zero-order valence-corrected chi connectivity index (χ0v) is 14.7. The van der Waals surface area contributed by atoms with Crippen LogP contribution in [0.4, 0.5) is 4.39 Å². The summed E-state index contributed by atoms with van der Waals surface area (Å²) < 4.78 is 23.1. The maximum Gasteiger partial charge on any atom is 0.342 e. The molecule has 1 amide bonds. The van der Waals surface area contributed by atoms with Gasteiger partial charge in [0.1, 0.15) is 17.1 Å². The van der Waals surface area contributed by atoms with Crippen LogP contribution in [0.25, 0.3) is 0 Å². The zero-order valence-electron chi connectivity index (χ0n) is 13.1. The van der Waals surface area contributed by atoms with Crippen LogP contribution in [0.3, 0.4) is 0 Å². The molecule has 8 heteroatoms. The van der Waals surface area contributed by atoms with Gasteiger partial charge in [-0.1, -0.05) is 29.3 Å². The summed E-state index contributed by atoms with van der Waals surface area (Å²) in [4.78, 5) is 23.8. The van der Waals surface area contributed by atoms with Crippen LogP contribution in [0.5, 0.6) is 5.75 Å². The second-order valence-corrected chi connectivity index (χ2v) is 5.79. The van der Waals surface area contributed by atoms with Crippen LogP contribution in [-0.2, 0) is 16.1 Å². The largest absolute Gasteiger partial charge is 0.496 e. The molecule has 0 unspecified atom stereocenters. The van der Waals surface area contributed by atoms with Gasteiger partial charge in [-0.3, -0.25) is 4.79 Å². The Balaban J connectivity index is 1.88. The van der Waals surface area contributed by atoms with Crippen LogP contribution in [0.1, 0.15) is 15.9 Å². The molecule has 0 fully saturated rings. The van der Waals surface area contributed by atoms with Gasteiger partial charge in [0.2, 0.25) is 0 Å². The van der Waals surface area contributed by atoms with E-state index in [1.165, 1.54) is 37.4 Å². The van der Waals surface area contributed by atoms with Crippen LogP contribution in [0, 0.1) is 5.82 Å². The number of nitrogens with one attached hydrogen (secondary N) is 1. The maximum absolute atomic E-state index is 13.1. The predicted octanol–water partition coefficient (Wildman–Crippen LogP) is 3.61. The Kier molecular flexibility index (Phi) is 6.61. The third-order valence-electron chi connectivity index (χ3n) is 3.19. The highest BCUT2D eigenvalue weighted by Gasteiger charge is 2.16. The van der Waals surface area contributed by atoms with E-state index >= 15 is 0 Å². The highest BCUT2D eigenvalue weighted by Crippen LogP contribution is 2.23. The molecule has 0 aliphatic rings. The third kappa shape index (κ3) is 5.34. The Labute approximate surface area is 153 Å². The fourth-order valence-electron chi connectivity index (χ4n) is 1.95.